The molecule has 2 nitrogen and oxygen atoms in total. The Morgan fingerprint density at radius 1 is 0.941 bits per heavy atom. The Hall–Kier alpha value is -2.09. The van der Waals surface area contributed by atoms with Crippen LogP contribution in [0, 0.1) is 0 Å². The number of rotatable bonds is 1. The summed E-state index contributed by atoms with van der Waals surface area (Å²) in [5.74, 6) is 1.06. The van der Waals surface area contributed by atoms with Crippen LogP contribution >= 0.6 is 0 Å². The van der Waals surface area contributed by atoms with Crippen molar-refractivity contribution in [2.24, 2.45) is 5.16 Å². The number of benzene rings is 2. The molecule has 84 valence electrons. The lowest BCUT2D eigenvalue weighted by atomic mass is 9.87. The monoisotopic (exact) mass is 223 g/mol. The van der Waals surface area contributed by atoms with Crippen molar-refractivity contribution in [3.05, 3.63) is 65.7 Å². The van der Waals surface area contributed by atoms with Gasteiger partial charge in [-0.15, -0.1) is 0 Å². The quantitative estimate of drug-likeness (QED) is 0.724. The molecule has 0 radical (unpaired) electrons. The molecule has 2 heteroatoms. The van der Waals surface area contributed by atoms with Crippen molar-refractivity contribution in [1.29, 1.82) is 0 Å². The first-order valence-corrected chi connectivity index (χ1v) is 5.71. The van der Waals surface area contributed by atoms with Gasteiger partial charge in [0.25, 0.3) is 0 Å². The minimum atomic E-state index is 0.209. The Kier molecular flexibility index (Phi) is 2.41. The molecule has 1 unspecified atom stereocenters. The highest BCUT2D eigenvalue weighted by atomic mass is 16.6. The third-order valence-electron chi connectivity index (χ3n) is 3.07. The number of oxime groups is 1. The second kappa shape index (κ2) is 4.06. The zero-order valence-electron chi connectivity index (χ0n) is 9.63. The average Bonchev–Trinajstić information content (AvgIpc) is 2.39. The summed E-state index contributed by atoms with van der Waals surface area (Å²) in [7, 11) is 0. The van der Waals surface area contributed by atoms with Gasteiger partial charge in [-0.1, -0.05) is 53.7 Å². The zero-order chi connectivity index (χ0) is 11.7. The van der Waals surface area contributed by atoms with Crippen molar-refractivity contribution < 1.29 is 4.84 Å². The summed E-state index contributed by atoms with van der Waals surface area (Å²) >= 11 is 0. The molecule has 1 atom stereocenters. The summed E-state index contributed by atoms with van der Waals surface area (Å²) in [5, 5.41) is 4.15. The molecule has 17 heavy (non-hydrogen) atoms. The van der Waals surface area contributed by atoms with Gasteiger partial charge in [0.15, 0.2) is 5.75 Å². The van der Waals surface area contributed by atoms with Crippen LogP contribution in [-0.4, -0.2) is 5.71 Å². The summed E-state index contributed by atoms with van der Waals surface area (Å²) in [6.07, 6.45) is 0. The van der Waals surface area contributed by atoms with E-state index in [0.29, 0.717) is 0 Å². The van der Waals surface area contributed by atoms with Crippen molar-refractivity contribution in [3.8, 4) is 5.75 Å². The van der Waals surface area contributed by atoms with Gasteiger partial charge >= 0.3 is 0 Å². The fourth-order valence-electron chi connectivity index (χ4n) is 2.27. The summed E-state index contributed by atoms with van der Waals surface area (Å²) in [6, 6.07) is 18.5. The smallest absolute Gasteiger partial charge is 0.162 e. The van der Waals surface area contributed by atoms with Crippen molar-refractivity contribution in [2.45, 2.75) is 12.8 Å². The van der Waals surface area contributed by atoms with Gasteiger partial charge in [0, 0.05) is 5.56 Å². The van der Waals surface area contributed by atoms with Crippen LogP contribution in [0.15, 0.2) is 59.8 Å². The van der Waals surface area contributed by atoms with Gasteiger partial charge in [-0.05, 0) is 18.6 Å². The average molecular weight is 223 g/mol. The molecule has 0 fully saturated rings. The van der Waals surface area contributed by atoms with E-state index in [9.17, 15) is 0 Å². The molecule has 2 aromatic rings. The minimum Gasteiger partial charge on any atom is -0.357 e. The molecule has 1 aliphatic rings. The maximum atomic E-state index is 5.38. The molecule has 0 spiro atoms. The number of hydrogen-bond acceptors (Lipinski definition) is 2. The third-order valence-corrected chi connectivity index (χ3v) is 3.07. The van der Waals surface area contributed by atoms with Crippen LogP contribution in [0.2, 0.25) is 0 Å². The Bertz CT molecular complexity index is 560. The van der Waals surface area contributed by atoms with Gasteiger partial charge in [0.2, 0.25) is 0 Å². The van der Waals surface area contributed by atoms with Gasteiger partial charge in [0.1, 0.15) is 0 Å². The van der Waals surface area contributed by atoms with E-state index in [1.807, 2.05) is 31.2 Å². The topological polar surface area (TPSA) is 21.6 Å². The SMILES string of the molecule is CC1=NOc2ccccc2C1c1ccccc1. The van der Waals surface area contributed by atoms with Gasteiger partial charge in [-0.3, -0.25) is 0 Å². The van der Waals surface area contributed by atoms with E-state index < -0.39 is 0 Å². The maximum Gasteiger partial charge on any atom is 0.162 e. The van der Waals surface area contributed by atoms with Crippen LogP contribution in [0.25, 0.3) is 0 Å². The first-order valence-electron chi connectivity index (χ1n) is 5.71. The number of para-hydroxylation sites is 1. The summed E-state index contributed by atoms with van der Waals surface area (Å²) in [5.41, 5.74) is 3.44. The third kappa shape index (κ3) is 1.72. The van der Waals surface area contributed by atoms with Gasteiger partial charge < -0.3 is 4.84 Å². The van der Waals surface area contributed by atoms with Crippen molar-refractivity contribution in [3.63, 3.8) is 0 Å². The molecule has 0 bridgehead atoms. The molecule has 0 saturated carbocycles. The maximum absolute atomic E-state index is 5.38. The molecule has 0 N–H and O–H groups in total. The van der Waals surface area contributed by atoms with Gasteiger partial charge in [0.05, 0.1) is 11.6 Å². The number of nitrogens with zero attached hydrogens (tertiary/aromatic N) is 1. The standard InChI is InChI=1S/C15H13NO/c1-11-15(12-7-3-2-4-8-12)13-9-5-6-10-14(13)17-16-11/h2-10,15H,1H3. The second-order valence-electron chi connectivity index (χ2n) is 4.21. The summed E-state index contributed by atoms with van der Waals surface area (Å²) in [6.45, 7) is 2.01. The van der Waals surface area contributed by atoms with Crippen molar-refractivity contribution in [2.75, 3.05) is 0 Å². The lowest BCUT2D eigenvalue weighted by molar-refractivity contribution is 0.327. The van der Waals surface area contributed by atoms with E-state index in [1.54, 1.807) is 0 Å². The largest absolute Gasteiger partial charge is 0.357 e. The van der Waals surface area contributed by atoms with E-state index in [1.165, 1.54) is 11.1 Å². The Morgan fingerprint density at radius 2 is 1.65 bits per heavy atom. The normalized spacial score (nSPS) is 17.9. The summed E-state index contributed by atoms with van der Waals surface area (Å²) in [4.78, 5) is 5.38. The second-order valence-corrected chi connectivity index (χ2v) is 4.21. The molecule has 2 aromatic carbocycles. The molecule has 0 saturated heterocycles. The highest BCUT2D eigenvalue weighted by Crippen LogP contribution is 2.35. The predicted octanol–water partition coefficient (Wildman–Crippen LogP) is 3.59. The fraction of sp³-hybridized carbons (Fsp3) is 0.133. The number of fused-ring (bicyclic) bond motifs is 1. The molecule has 1 heterocycles. The zero-order valence-corrected chi connectivity index (χ0v) is 9.63. The minimum absolute atomic E-state index is 0.209. The lowest BCUT2D eigenvalue weighted by Crippen LogP contribution is -2.17. The molecule has 1 aliphatic heterocycles. The fourth-order valence-corrected chi connectivity index (χ4v) is 2.27. The Morgan fingerprint density at radius 3 is 2.47 bits per heavy atom. The molecule has 0 aromatic heterocycles. The van der Waals surface area contributed by atoms with Crippen LogP contribution in [0.3, 0.4) is 0 Å². The highest BCUT2D eigenvalue weighted by molar-refractivity contribution is 5.93. The first-order chi connectivity index (χ1) is 8.36. The molecular weight excluding hydrogens is 210 g/mol. The molecule has 3 rings (SSSR count). The van der Waals surface area contributed by atoms with Crippen LogP contribution in [0.4, 0.5) is 0 Å². The Balaban J connectivity index is 2.14. The van der Waals surface area contributed by atoms with E-state index in [-0.39, 0.29) is 5.92 Å². The van der Waals surface area contributed by atoms with E-state index in [2.05, 4.69) is 35.5 Å². The first kappa shape index (κ1) is 10.1. The van der Waals surface area contributed by atoms with Gasteiger partial charge in [-0.25, -0.2) is 0 Å². The van der Waals surface area contributed by atoms with Crippen molar-refractivity contribution >= 4 is 5.71 Å². The molecular formula is C15H13NO. The summed E-state index contributed by atoms with van der Waals surface area (Å²) < 4.78 is 0. The predicted molar refractivity (Wildman–Crippen MR) is 68.5 cm³/mol. The van der Waals surface area contributed by atoms with Crippen LogP contribution < -0.4 is 4.84 Å². The van der Waals surface area contributed by atoms with Gasteiger partial charge in [-0.2, -0.15) is 0 Å². The van der Waals surface area contributed by atoms with Crippen LogP contribution in [-0.2, 0) is 0 Å². The highest BCUT2D eigenvalue weighted by Gasteiger charge is 2.24. The lowest BCUT2D eigenvalue weighted by Gasteiger charge is -2.23. The van der Waals surface area contributed by atoms with Crippen molar-refractivity contribution in [1.82, 2.24) is 0 Å². The number of hydrogen-bond donors (Lipinski definition) is 0. The van der Waals surface area contributed by atoms with Crippen LogP contribution in [0.5, 0.6) is 5.75 Å². The van der Waals surface area contributed by atoms with E-state index >= 15 is 0 Å². The van der Waals surface area contributed by atoms with E-state index in [0.717, 1.165) is 11.5 Å². The molecule has 0 aliphatic carbocycles. The Labute approximate surface area is 101 Å². The van der Waals surface area contributed by atoms with E-state index in [4.69, 9.17) is 4.84 Å². The molecule has 0 amide bonds. The van der Waals surface area contributed by atoms with Crippen LogP contribution in [0.1, 0.15) is 24.0 Å².